The van der Waals surface area contributed by atoms with E-state index in [1.807, 2.05) is 52.9 Å². The minimum Gasteiger partial charge on any atom is -0.451 e. The first kappa shape index (κ1) is 15.3. The molecule has 0 saturated heterocycles. The summed E-state index contributed by atoms with van der Waals surface area (Å²) in [5.74, 6) is 0.0283. The Kier molecular flexibility index (Phi) is 5.17. The van der Waals surface area contributed by atoms with Crippen LogP contribution in [0.1, 0.15) is 18.2 Å². The Hall–Kier alpha value is -2.07. The van der Waals surface area contributed by atoms with Gasteiger partial charge in [-0.2, -0.15) is 5.26 Å². The maximum absolute atomic E-state index is 12.1. The van der Waals surface area contributed by atoms with Gasteiger partial charge in [-0.3, -0.25) is 4.79 Å². The molecule has 0 spiro atoms. The molecule has 2 rings (SSSR count). The van der Waals surface area contributed by atoms with Crippen LogP contribution in [0.25, 0.3) is 6.08 Å². The van der Waals surface area contributed by atoms with Crippen LogP contribution in [0.5, 0.6) is 0 Å². The summed E-state index contributed by atoms with van der Waals surface area (Å²) in [6.45, 7) is 2.06. The lowest BCUT2D eigenvalue weighted by Crippen LogP contribution is -2.13. The van der Waals surface area contributed by atoms with Crippen LogP contribution >= 0.6 is 22.6 Å². The number of nitrogens with one attached hydrogen (secondary N) is 1. The Bertz CT molecular complexity index is 709. The second-order valence-electron chi connectivity index (χ2n) is 4.32. The molecular formula is C16H13IN2O2. The van der Waals surface area contributed by atoms with Gasteiger partial charge >= 0.3 is 0 Å². The fourth-order valence-electron chi connectivity index (χ4n) is 1.72. The first-order chi connectivity index (χ1) is 10.1. The summed E-state index contributed by atoms with van der Waals surface area (Å²) >= 11 is 2.02. The van der Waals surface area contributed by atoms with E-state index in [0.29, 0.717) is 15.2 Å². The maximum Gasteiger partial charge on any atom is 0.266 e. The van der Waals surface area contributed by atoms with Gasteiger partial charge in [0, 0.05) is 11.8 Å². The molecule has 0 unspecified atom stereocenters. The van der Waals surface area contributed by atoms with Crippen molar-refractivity contribution in [3.05, 3.63) is 57.1 Å². The number of nitrogens with zero attached hydrogens (tertiary/aromatic N) is 1. The molecule has 5 heteroatoms. The first-order valence-corrected chi connectivity index (χ1v) is 7.47. The van der Waals surface area contributed by atoms with Gasteiger partial charge in [-0.25, -0.2) is 0 Å². The molecule has 106 valence electrons. The second-order valence-corrected chi connectivity index (χ2v) is 5.38. The normalized spacial score (nSPS) is 11.0. The highest BCUT2D eigenvalue weighted by Crippen LogP contribution is 2.15. The first-order valence-electron chi connectivity index (χ1n) is 6.40. The van der Waals surface area contributed by atoms with Crippen molar-refractivity contribution in [2.75, 3.05) is 5.32 Å². The van der Waals surface area contributed by atoms with Crippen molar-refractivity contribution >= 4 is 40.3 Å². The van der Waals surface area contributed by atoms with Crippen LogP contribution in [0.3, 0.4) is 0 Å². The van der Waals surface area contributed by atoms with Crippen LogP contribution in [0.15, 0.2) is 46.4 Å². The molecule has 0 fully saturated rings. The monoisotopic (exact) mass is 392 g/mol. The Morgan fingerprint density at radius 1 is 1.33 bits per heavy atom. The topological polar surface area (TPSA) is 66.0 Å². The molecule has 4 nitrogen and oxygen atoms in total. The van der Waals surface area contributed by atoms with Crippen LogP contribution in [0, 0.1) is 15.1 Å². The van der Waals surface area contributed by atoms with Crippen LogP contribution in [-0.4, -0.2) is 5.91 Å². The van der Waals surface area contributed by atoms with E-state index in [4.69, 9.17) is 9.68 Å². The Labute approximate surface area is 136 Å². The highest BCUT2D eigenvalue weighted by molar-refractivity contribution is 14.1. The van der Waals surface area contributed by atoms with Crippen molar-refractivity contribution in [1.29, 1.82) is 5.26 Å². The lowest BCUT2D eigenvalue weighted by atomic mass is 10.1. The number of anilines is 1. The number of halogens is 1. The summed E-state index contributed by atoms with van der Waals surface area (Å²) in [5, 5.41) is 11.8. The van der Waals surface area contributed by atoms with E-state index in [-0.39, 0.29) is 5.57 Å². The van der Waals surface area contributed by atoms with E-state index in [1.165, 1.54) is 11.6 Å². The zero-order chi connectivity index (χ0) is 15.2. The molecule has 0 bridgehead atoms. The van der Waals surface area contributed by atoms with Crippen LogP contribution in [0.2, 0.25) is 0 Å². The summed E-state index contributed by atoms with van der Waals surface area (Å²) < 4.78 is 6.03. The third-order valence-corrected chi connectivity index (χ3v) is 3.45. The fourth-order valence-corrected chi connectivity index (χ4v) is 2.15. The fraction of sp³-hybridized carbons (Fsp3) is 0.125. The number of carbonyl (C=O) groups excluding carboxylic acids is 1. The Balaban J connectivity index is 2.13. The molecule has 0 aliphatic heterocycles. The van der Waals surface area contributed by atoms with Gasteiger partial charge in [0.1, 0.15) is 17.4 Å². The summed E-state index contributed by atoms with van der Waals surface area (Å²) in [4.78, 5) is 12.1. The number of hydrogen-bond donors (Lipinski definition) is 1. The molecule has 0 radical (unpaired) electrons. The molecule has 1 N–H and O–H groups in total. The summed E-state index contributed by atoms with van der Waals surface area (Å²) in [6, 6.07) is 12.9. The van der Waals surface area contributed by atoms with E-state index < -0.39 is 5.91 Å². The second kappa shape index (κ2) is 7.09. The van der Waals surface area contributed by atoms with E-state index in [1.54, 1.807) is 12.1 Å². The van der Waals surface area contributed by atoms with Crippen molar-refractivity contribution in [1.82, 2.24) is 0 Å². The number of nitriles is 1. The molecule has 21 heavy (non-hydrogen) atoms. The zero-order valence-corrected chi connectivity index (χ0v) is 13.5. The summed E-state index contributed by atoms with van der Waals surface area (Å²) in [5.41, 5.74) is 1.85. The lowest BCUT2D eigenvalue weighted by molar-refractivity contribution is -0.112. The third-order valence-electron chi connectivity index (χ3n) is 2.87. The van der Waals surface area contributed by atoms with Crippen molar-refractivity contribution in [3.8, 4) is 6.07 Å². The van der Waals surface area contributed by atoms with Crippen LogP contribution in [0.4, 0.5) is 5.69 Å². The number of hydrogen-bond acceptors (Lipinski definition) is 3. The van der Waals surface area contributed by atoms with Gasteiger partial charge in [-0.15, -0.1) is 0 Å². The van der Waals surface area contributed by atoms with Gasteiger partial charge in [0.2, 0.25) is 0 Å². The van der Waals surface area contributed by atoms with Crippen LogP contribution in [-0.2, 0) is 11.2 Å². The highest BCUT2D eigenvalue weighted by Gasteiger charge is 2.10. The SMILES string of the molecule is CCc1ccc(NC(=O)/C(C#N)=C/c2ccc(I)o2)cc1. The van der Waals surface area contributed by atoms with E-state index in [9.17, 15) is 4.79 Å². The van der Waals surface area contributed by atoms with Crippen LogP contribution < -0.4 is 5.32 Å². The average Bonchev–Trinajstić information content (AvgIpc) is 2.90. The largest absolute Gasteiger partial charge is 0.451 e. The third kappa shape index (κ3) is 4.20. The van der Waals surface area contributed by atoms with Crippen molar-refractivity contribution in [3.63, 3.8) is 0 Å². The van der Waals surface area contributed by atoms with Gasteiger partial charge in [-0.1, -0.05) is 19.1 Å². The molecule has 2 aromatic rings. The quantitative estimate of drug-likeness (QED) is 0.486. The van der Waals surface area contributed by atoms with Gasteiger partial charge in [-0.05, 0) is 58.8 Å². The van der Waals surface area contributed by atoms with Crippen molar-refractivity contribution < 1.29 is 9.21 Å². The molecule has 0 aliphatic carbocycles. The van der Waals surface area contributed by atoms with Gasteiger partial charge in [0.15, 0.2) is 3.77 Å². The van der Waals surface area contributed by atoms with Gasteiger partial charge in [0.05, 0.1) is 0 Å². The summed E-state index contributed by atoms with van der Waals surface area (Å²) in [7, 11) is 0. The predicted molar refractivity (Wildman–Crippen MR) is 89.5 cm³/mol. The van der Waals surface area contributed by atoms with Crippen molar-refractivity contribution in [2.45, 2.75) is 13.3 Å². The summed E-state index contributed by atoms with van der Waals surface area (Å²) in [6.07, 6.45) is 2.37. The number of aryl methyl sites for hydroxylation is 1. The smallest absolute Gasteiger partial charge is 0.266 e. The molecule has 0 aliphatic rings. The van der Waals surface area contributed by atoms with Gasteiger partial charge < -0.3 is 9.73 Å². The zero-order valence-electron chi connectivity index (χ0n) is 11.4. The molecular weight excluding hydrogens is 379 g/mol. The Morgan fingerprint density at radius 3 is 2.57 bits per heavy atom. The Morgan fingerprint density at radius 2 is 2.05 bits per heavy atom. The predicted octanol–water partition coefficient (Wildman–Crippen LogP) is 3.99. The highest BCUT2D eigenvalue weighted by atomic mass is 127. The molecule has 1 amide bonds. The minimum absolute atomic E-state index is 0.000294. The molecule has 1 aromatic heterocycles. The number of rotatable bonds is 4. The number of amides is 1. The molecule has 0 saturated carbocycles. The molecule has 1 heterocycles. The van der Waals surface area contributed by atoms with E-state index in [2.05, 4.69) is 12.2 Å². The minimum atomic E-state index is -0.451. The van der Waals surface area contributed by atoms with E-state index in [0.717, 1.165) is 6.42 Å². The lowest BCUT2D eigenvalue weighted by Gasteiger charge is -2.04. The average molecular weight is 392 g/mol. The van der Waals surface area contributed by atoms with Crippen molar-refractivity contribution in [2.24, 2.45) is 0 Å². The standard InChI is InChI=1S/C16H13IN2O2/c1-2-11-3-5-13(6-4-11)19-16(20)12(10-18)9-14-7-8-15(17)21-14/h3-9H,2H2,1H3,(H,19,20)/b12-9+. The number of furan rings is 1. The van der Waals surface area contributed by atoms with E-state index >= 15 is 0 Å². The molecule has 0 atom stereocenters. The number of benzene rings is 1. The van der Waals surface area contributed by atoms with Gasteiger partial charge in [0.25, 0.3) is 5.91 Å². The molecule has 1 aromatic carbocycles. The maximum atomic E-state index is 12.1. The number of carbonyl (C=O) groups is 1.